The molecular weight excluding hydrogens is 420 g/mol. The second-order valence-corrected chi connectivity index (χ2v) is 10.9. The smallest absolute Gasteiger partial charge is 0.407 e. The van der Waals surface area contributed by atoms with Crippen LogP contribution in [-0.2, 0) is 19.3 Å². The first-order valence-electron chi connectivity index (χ1n) is 9.85. The number of halogens is 1. The fourth-order valence-corrected chi connectivity index (χ4v) is 7.02. The minimum Gasteiger partial charge on any atom is -0.465 e. The molecule has 0 aromatic carbocycles. The fourth-order valence-electron chi connectivity index (χ4n) is 4.30. The summed E-state index contributed by atoms with van der Waals surface area (Å²) in [4.78, 5) is 23.4. The third kappa shape index (κ3) is 3.66. The Morgan fingerprint density at radius 1 is 1.28 bits per heavy atom. The van der Waals surface area contributed by atoms with E-state index >= 15 is 0 Å². The van der Waals surface area contributed by atoms with Gasteiger partial charge in [-0.15, -0.1) is 0 Å². The average molecular weight is 445 g/mol. The van der Waals surface area contributed by atoms with Gasteiger partial charge in [0, 0.05) is 25.7 Å². The lowest BCUT2D eigenvalue weighted by atomic mass is 9.92. The Morgan fingerprint density at radius 3 is 2.55 bits per heavy atom. The summed E-state index contributed by atoms with van der Waals surface area (Å²) < 4.78 is 31.3. The molecule has 0 unspecified atom stereocenters. The zero-order valence-corrected chi connectivity index (χ0v) is 17.8. The van der Waals surface area contributed by atoms with E-state index in [9.17, 15) is 18.3 Å². The lowest BCUT2D eigenvalue weighted by Crippen LogP contribution is -2.50. The van der Waals surface area contributed by atoms with Crippen molar-refractivity contribution in [1.29, 1.82) is 0 Å². The van der Waals surface area contributed by atoms with Crippen LogP contribution in [-0.4, -0.2) is 78.6 Å². The fraction of sp³-hybridized carbons (Fsp3) is 0.722. The van der Waals surface area contributed by atoms with Crippen molar-refractivity contribution in [2.75, 3.05) is 37.7 Å². The Morgan fingerprint density at radius 2 is 1.97 bits per heavy atom. The Kier molecular flexibility index (Phi) is 5.37. The van der Waals surface area contributed by atoms with Crippen LogP contribution in [0.5, 0.6) is 0 Å². The zero-order chi connectivity index (χ0) is 20.8. The number of sulfone groups is 1. The predicted molar refractivity (Wildman–Crippen MR) is 107 cm³/mol. The molecule has 1 aliphatic carbocycles. The third-order valence-electron chi connectivity index (χ3n) is 6.16. The molecule has 1 amide bonds. The molecule has 1 aromatic heterocycles. The second kappa shape index (κ2) is 7.55. The number of hydrogen-bond donors (Lipinski definition) is 1. The maximum atomic E-state index is 13.5. The Bertz CT molecular complexity index is 900. The highest BCUT2D eigenvalue weighted by Crippen LogP contribution is 2.48. The van der Waals surface area contributed by atoms with Crippen molar-refractivity contribution in [3.8, 4) is 0 Å². The van der Waals surface area contributed by atoms with E-state index in [0.29, 0.717) is 44.1 Å². The van der Waals surface area contributed by atoms with Crippen LogP contribution in [0, 0.1) is 0 Å². The highest BCUT2D eigenvalue weighted by atomic mass is 35.5. The first-order chi connectivity index (χ1) is 13.7. The standard InChI is InChI=1S/C18H25ClN4O5S/c1-12-11-28-9-8-23(12)15-10-14(20-16(19)21-15)18(29(26,27)13-2-3-13)4-6-22(7-5-18)17(24)25/h10,12-13H,2-9,11H2,1H3,(H,24,25)/t12-/m0/s1. The molecule has 1 aromatic rings. The van der Waals surface area contributed by atoms with Crippen LogP contribution in [0.15, 0.2) is 6.07 Å². The lowest BCUT2D eigenvalue weighted by Gasteiger charge is -2.40. The number of carbonyl (C=O) groups is 1. The minimum absolute atomic E-state index is 0.00206. The van der Waals surface area contributed by atoms with Gasteiger partial charge in [-0.25, -0.2) is 23.2 Å². The SMILES string of the molecule is C[C@H]1COCCN1c1cc(C2(S(=O)(=O)C3CC3)CCN(C(=O)O)CC2)nc(Cl)n1. The molecule has 2 saturated heterocycles. The number of piperidine rings is 1. The molecule has 3 fully saturated rings. The Balaban J connectivity index is 1.76. The molecule has 29 heavy (non-hydrogen) atoms. The van der Waals surface area contributed by atoms with Gasteiger partial charge in [-0.05, 0) is 44.2 Å². The van der Waals surface area contributed by atoms with Crippen molar-refractivity contribution < 1.29 is 23.1 Å². The molecule has 1 N–H and O–H groups in total. The Labute approximate surface area is 174 Å². The van der Waals surface area contributed by atoms with Gasteiger partial charge in [-0.3, -0.25) is 0 Å². The van der Waals surface area contributed by atoms with Gasteiger partial charge in [0.2, 0.25) is 5.28 Å². The van der Waals surface area contributed by atoms with Crippen molar-refractivity contribution in [2.24, 2.45) is 0 Å². The molecule has 1 saturated carbocycles. The number of amides is 1. The molecule has 4 rings (SSSR count). The van der Waals surface area contributed by atoms with E-state index in [2.05, 4.69) is 9.97 Å². The molecule has 0 spiro atoms. The quantitative estimate of drug-likeness (QED) is 0.700. The van der Waals surface area contributed by atoms with Crippen molar-refractivity contribution in [2.45, 2.75) is 48.6 Å². The number of carboxylic acid groups (broad SMARTS) is 1. The van der Waals surface area contributed by atoms with E-state index < -0.39 is 25.9 Å². The second-order valence-electron chi connectivity index (χ2n) is 8.01. The zero-order valence-electron chi connectivity index (χ0n) is 16.3. The highest BCUT2D eigenvalue weighted by molar-refractivity contribution is 7.93. The maximum absolute atomic E-state index is 13.5. The van der Waals surface area contributed by atoms with Crippen molar-refractivity contribution in [3.05, 3.63) is 17.0 Å². The summed E-state index contributed by atoms with van der Waals surface area (Å²) in [6, 6.07) is 1.80. The van der Waals surface area contributed by atoms with Crippen LogP contribution in [0.25, 0.3) is 0 Å². The van der Waals surface area contributed by atoms with Crippen LogP contribution in [0.4, 0.5) is 10.6 Å². The topological polar surface area (TPSA) is 113 Å². The molecule has 11 heteroatoms. The van der Waals surface area contributed by atoms with E-state index in [-0.39, 0.29) is 37.3 Å². The van der Waals surface area contributed by atoms with E-state index in [4.69, 9.17) is 16.3 Å². The molecule has 9 nitrogen and oxygen atoms in total. The molecule has 3 aliphatic rings. The number of rotatable bonds is 4. The van der Waals surface area contributed by atoms with E-state index in [0.717, 1.165) is 0 Å². The molecule has 0 bridgehead atoms. The van der Waals surface area contributed by atoms with E-state index in [1.54, 1.807) is 6.07 Å². The van der Waals surface area contributed by atoms with Crippen LogP contribution in [0.1, 0.15) is 38.3 Å². The van der Waals surface area contributed by atoms with Crippen molar-refractivity contribution in [3.63, 3.8) is 0 Å². The van der Waals surface area contributed by atoms with Gasteiger partial charge in [-0.2, -0.15) is 0 Å². The van der Waals surface area contributed by atoms with Gasteiger partial charge in [0.05, 0.1) is 30.2 Å². The van der Waals surface area contributed by atoms with Gasteiger partial charge < -0.3 is 19.6 Å². The largest absolute Gasteiger partial charge is 0.465 e. The van der Waals surface area contributed by atoms with Gasteiger partial charge >= 0.3 is 6.09 Å². The summed E-state index contributed by atoms with van der Waals surface area (Å²) in [6.07, 6.45) is 0.580. The summed E-state index contributed by atoms with van der Waals surface area (Å²) in [5.74, 6) is 0.585. The first-order valence-corrected chi connectivity index (χ1v) is 11.8. The number of likely N-dealkylation sites (tertiary alicyclic amines) is 1. The van der Waals surface area contributed by atoms with Crippen LogP contribution >= 0.6 is 11.6 Å². The summed E-state index contributed by atoms with van der Waals surface area (Å²) in [7, 11) is -3.54. The summed E-state index contributed by atoms with van der Waals surface area (Å²) >= 11 is 6.24. The number of ether oxygens (including phenoxy) is 1. The summed E-state index contributed by atoms with van der Waals surface area (Å²) in [6.45, 7) is 4.04. The molecule has 2 aliphatic heterocycles. The molecule has 3 heterocycles. The first kappa shape index (κ1) is 20.6. The van der Waals surface area contributed by atoms with Crippen molar-refractivity contribution in [1.82, 2.24) is 14.9 Å². The normalized spacial score (nSPS) is 25.1. The van der Waals surface area contributed by atoms with Gasteiger partial charge in [0.15, 0.2) is 9.84 Å². The van der Waals surface area contributed by atoms with E-state index in [1.165, 1.54) is 4.90 Å². The Hall–Kier alpha value is -1.65. The van der Waals surface area contributed by atoms with Crippen LogP contribution < -0.4 is 4.90 Å². The minimum atomic E-state index is -3.54. The number of morpholine rings is 1. The van der Waals surface area contributed by atoms with Gasteiger partial charge in [0.1, 0.15) is 10.6 Å². The number of anilines is 1. The highest BCUT2D eigenvalue weighted by Gasteiger charge is 2.55. The molecule has 160 valence electrons. The van der Waals surface area contributed by atoms with Gasteiger partial charge in [0.25, 0.3) is 0 Å². The average Bonchev–Trinajstić information content (AvgIpc) is 3.53. The maximum Gasteiger partial charge on any atom is 0.407 e. The number of aromatic nitrogens is 2. The van der Waals surface area contributed by atoms with Crippen LogP contribution in [0.3, 0.4) is 0 Å². The summed E-state index contributed by atoms with van der Waals surface area (Å²) in [5.41, 5.74) is 0.378. The predicted octanol–water partition coefficient (Wildman–Crippen LogP) is 1.90. The number of nitrogens with zero attached hydrogens (tertiary/aromatic N) is 4. The van der Waals surface area contributed by atoms with E-state index in [1.807, 2.05) is 11.8 Å². The van der Waals surface area contributed by atoms with Gasteiger partial charge in [-0.1, -0.05) is 0 Å². The summed E-state index contributed by atoms with van der Waals surface area (Å²) in [5, 5.41) is 8.91. The van der Waals surface area contributed by atoms with Crippen molar-refractivity contribution >= 4 is 33.3 Å². The monoisotopic (exact) mass is 444 g/mol. The molecule has 0 radical (unpaired) electrons. The van der Waals surface area contributed by atoms with Crippen LogP contribution in [0.2, 0.25) is 5.28 Å². The molecule has 1 atom stereocenters. The third-order valence-corrected chi connectivity index (χ3v) is 9.39. The lowest BCUT2D eigenvalue weighted by molar-refractivity contribution is 0.0985. The molecular formula is C18H25ClN4O5S. The number of hydrogen-bond acceptors (Lipinski definition) is 7.